The number of amides is 2. The monoisotopic (exact) mass is 294 g/mol. The number of nitro benzene ring substituents is 1. The fourth-order valence-electron chi connectivity index (χ4n) is 1.74. The molecule has 0 aromatic heterocycles. The maximum Gasteiger partial charge on any atom is 0.296 e. The first-order valence-electron chi connectivity index (χ1n) is 6.07. The highest BCUT2D eigenvalue weighted by Gasteiger charge is 2.24. The predicted molar refractivity (Wildman–Crippen MR) is 74.4 cm³/mol. The Hall–Kier alpha value is -2.84. The molecule has 0 spiro atoms. The molecule has 0 aliphatic carbocycles. The molecule has 0 saturated carbocycles. The van der Waals surface area contributed by atoms with Crippen LogP contribution in [-0.4, -0.2) is 48.9 Å². The van der Waals surface area contributed by atoms with E-state index >= 15 is 0 Å². The van der Waals surface area contributed by atoms with Crippen LogP contribution in [0.5, 0.6) is 5.75 Å². The average molecular weight is 294 g/mol. The number of fused-ring (bicyclic) bond motifs is 1. The summed E-state index contributed by atoms with van der Waals surface area (Å²) in [5.41, 5.74) is 0.243. The standard InChI is InChI=1S/C12H14N4O5/c1-15(2)12(18)5-13-7-3-8-10(4-9(7)16(19)20)21-6-11(17)14-8/h3-4,13H,5-6H2,1-2H3,(H,14,17). The van der Waals surface area contributed by atoms with Crippen molar-refractivity contribution in [1.29, 1.82) is 0 Å². The van der Waals surface area contributed by atoms with Crippen LogP contribution < -0.4 is 15.4 Å². The van der Waals surface area contributed by atoms with Crippen LogP contribution in [0.4, 0.5) is 17.1 Å². The number of nitrogens with zero attached hydrogens (tertiary/aromatic N) is 2. The van der Waals surface area contributed by atoms with Gasteiger partial charge in [-0.1, -0.05) is 0 Å². The summed E-state index contributed by atoms with van der Waals surface area (Å²) >= 11 is 0. The molecule has 0 saturated heterocycles. The minimum Gasteiger partial charge on any atom is -0.481 e. The number of likely N-dealkylation sites (N-methyl/N-ethyl adjacent to an activating group) is 1. The summed E-state index contributed by atoms with van der Waals surface area (Å²) in [6.07, 6.45) is 0. The molecule has 0 unspecified atom stereocenters. The molecule has 0 atom stereocenters. The van der Waals surface area contributed by atoms with Gasteiger partial charge in [0.1, 0.15) is 5.69 Å². The van der Waals surface area contributed by atoms with Gasteiger partial charge in [-0.2, -0.15) is 0 Å². The summed E-state index contributed by atoms with van der Waals surface area (Å²) in [7, 11) is 3.17. The molecule has 1 aromatic carbocycles. The average Bonchev–Trinajstić information content (AvgIpc) is 2.43. The van der Waals surface area contributed by atoms with Crippen LogP contribution >= 0.6 is 0 Å². The van der Waals surface area contributed by atoms with E-state index in [1.54, 1.807) is 14.1 Å². The van der Waals surface area contributed by atoms with E-state index in [0.29, 0.717) is 5.69 Å². The molecule has 0 fully saturated rings. The topological polar surface area (TPSA) is 114 Å². The Bertz CT molecular complexity index is 614. The SMILES string of the molecule is CN(C)C(=O)CNc1cc2c(cc1[N+](=O)[O-])OCC(=O)N2. The largest absolute Gasteiger partial charge is 0.481 e. The second kappa shape index (κ2) is 5.65. The van der Waals surface area contributed by atoms with E-state index in [1.165, 1.54) is 17.0 Å². The first-order valence-corrected chi connectivity index (χ1v) is 6.07. The summed E-state index contributed by atoms with van der Waals surface area (Å²) in [4.78, 5) is 34.7. The molecule has 1 aliphatic heterocycles. The van der Waals surface area contributed by atoms with Crippen molar-refractivity contribution in [1.82, 2.24) is 4.90 Å². The Morgan fingerprint density at radius 2 is 2.24 bits per heavy atom. The normalized spacial score (nSPS) is 12.8. The molecule has 1 heterocycles. The Kier molecular flexibility index (Phi) is 3.92. The van der Waals surface area contributed by atoms with E-state index in [1.807, 2.05) is 0 Å². The van der Waals surface area contributed by atoms with Crippen molar-refractivity contribution in [3.63, 3.8) is 0 Å². The minimum atomic E-state index is -0.581. The molecule has 1 aromatic rings. The third kappa shape index (κ3) is 3.19. The molecule has 0 radical (unpaired) electrons. The molecule has 2 amide bonds. The molecular weight excluding hydrogens is 280 g/mol. The zero-order chi connectivity index (χ0) is 15.6. The van der Waals surface area contributed by atoms with Gasteiger partial charge in [-0.15, -0.1) is 0 Å². The van der Waals surface area contributed by atoms with E-state index in [4.69, 9.17) is 4.74 Å². The summed E-state index contributed by atoms with van der Waals surface area (Å²) in [6, 6.07) is 2.60. The minimum absolute atomic E-state index is 0.0958. The lowest BCUT2D eigenvalue weighted by atomic mass is 10.2. The van der Waals surface area contributed by atoms with Gasteiger partial charge in [-0.25, -0.2) is 0 Å². The quantitative estimate of drug-likeness (QED) is 0.614. The Balaban J connectivity index is 2.30. The molecule has 1 aliphatic rings. The molecule has 2 rings (SSSR count). The molecule has 112 valence electrons. The predicted octanol–water partition coefficient (Wildman–Crippen LogP) is 0.426. The van der Waals surface area contributed by atoms with E-state index in [2.05, 4.69) is 10.6 Å². The number of rotatable bonds is 4. The highest BCUT2D eigenvalue weighted by molar-refractivity contribution is 5.97. The maximum atomic E-state index is 11.5. The third-order valence-corrected chi connectivity index (χ3v) is 2.86. The molecule has 9 heteroatoms. The van der Waals surface area contributed by atoms with E-state index in [0.717, 1.165) is 0 Å². The number of nitro groups is 1. The number of benzene rings is 1. The van der Waals surface area contributed by atoms with E-state index < -0.39 is 4.92 Å². The van der Waals surface area contributed by atoms with Gasteiger partial charge in [0.05, 0.1) is 23.2 Å². The number of hydrogen-bond donors (Lipinski definition) is 2. The molecular formula is C12H14N4O5. The first-order chi connectivity index (χ1) is 9.88. The molecule has 2 N–H and O–H groups in total. The lowest BCUT2D eigenvalue weighted by molar-refractivity contribution is -0.384. The number of ether oxygens (including phenoxy) is 1. The maximum absolute atomic E-state index is 11.5. The lowest BCUT2D eigenvalue weighted by Gasteiger charge is -2.19. The lowest BCUT2D eigenvalue weighted by Crippen LogP contribution is -2.29. The van der Waals surface area contributed by atoms with Crippen LogP contribution in [0.2, 0.25) is 0 Å². The van der Waals surface area contributed by atoms with Crippen LogP contribution in [0.3, 0.4) is 0 Å². The van der Waals surface area contributed by atoms with E-state index in [-0.39, 0.29) is 42.1 Å². The van der Waals surface area contributed by atoms with Crippen LogP contribution in [-0.2, 0) is 9.59 Å². The van der Waals surface area contributed by atoms with Crippen LogP contribution in [0.25, 0.3) is 0 Å². The van der Waals surface area contributed by atoms with Crippen molar-refractivity contribution in [2.24, 2.45) is 0 Å². The van der Waals surface area contributed by atoms with Gasteiger partial charge in [0.2, 0.25) is 5.91 Å². The number of hydrogen-bond acceptors (Lipinski definition) is 6. The highest BCUT2D eigenvalue weighted by Crippen LogP contribution is 2.37. The van der Waals surface area contributed by atoms with Gasteiger partial charge >= 0.3 is 0 Å². The van der Waals surface area contributed by atoms with Gasteiger partial charge < -0.3 is 20.3 Å². The van der Waals surface area contributed by atoms with Crippen molar-refractivity contribution in [2.45, 2.75) is 0 Å². The Morgan fingerprint density at radius 1 is 1.52 bits per heavy atom. The second-order valence-electron chi connectivity index (χ2n) is 4.60. The number of carbonyl (C=O) groups excluding carboxylic acids is 2. The number of carbonyl (C=O) groups is 2. The molecule has 21 heavy (non-hydrogen) atoms. The van der Waals surface area contributed by atoms with Gasteiger partial charge in [0.15, 0.2) is 12.4 Å². The third-order valence-electron chi connectivity index (χ3n) is 2.86. The van der Waals surface area contributed by atoms with Crippen molar-refractivity contribution >= 4 is 28.9 Å². The Labute approximate surface area is 120 Å². The van der Waals surface area contributed by atoms with Gasteiger partial charge in [-0.3, -0.25) is 19.7 Å². The van der Waals surface area contributed by atoms with Crippen LogP contribution in [0.15, 0.2) is 12.1 Å². The zero-order valence-corrected chi connectivity index (χ0v) is 11.5. The van der Waals surface area contributed by atoms with Gasteiger partial charge in [-0.05, 0) is 6.07 Å². The fourth-order valence-corrected chi connectivity index (χ4v) is 1.74. The van der Waals surface area contributed by atoms with Crippen molar-refractivity contribution in [3.05, 3.63) is 22.2 Å². The van der Waals surface area contributed by atoms with Crippen LogP contribution in [0, 0.1) is 10.1 Å². The smallest absolute Gasteiger partial charge is 0.296 e. The Morgan fingerprint density at radius 3 is 2.86 bits per heavy atom. The van der Waals surface area contributed by atoms with Crippen molar-refractivity contribution in [3.8, 4) is 5.75 Å². The van der Waals surface area contributed by atoms with Gasteiger partial charge in [0, 0.05) is 14.1 Å². The summed E-state index contributed by atoms with van der Waals surface area (Å²) in [6.45, 7) is -0.280. The molecule has 9 nitrogen and oxygen atoms in total. The van der Waals surface area contributed by atoms with Crippen LogP contribution in [0.1, 0.15) is 0 Å². The summed E-state index contributed by atoms with van der Waals surface area (Å²) in [5, 5.41) is 16.3. The van der Waals surface area contributed by atoms with E-state index in [9.17, 15) is 19.7 Å². The number of anilines is 2. The summed E-state index contributed by atoms with van der Waals surface area (Å²) < 4.78 is 5.13. The fraction of sp³-hybridized carbons (Fsp3) is 0.333. The van der Waals surface area contributed by atoms with Gasteiger partial charge in [0.25, 0.3) is 11.6 Å². The molecule has 0 bridgehead atoms. The van der Waals surface area contributed by atoms with Crippen molar-refractivity contribution in [2.75, 3.05) is 37.9 Å². The zero-order valence-electron chi connectivity index (χ0n) is 11.5. The summed E-state index contributed by atoms with van der Waals surface area (Å²) in [5.74, 6) is -0.347. The second-order valence-corrected chi connectivity index (χ2v) is 4.60. The highest BCUT2D eigenvalue weighted by atomic mass is 16.6. The first kappa shape index (κ1) is 14.6. The van der Waals surface area contributed by atoms with Crippen molar-refractivity contribution < 1.29 is 19.2 Å². The number of nitrogens with one attached hydrogen (secondary N) is 2.